The van der Waals surface area contributed by atoms with E-state index in [1.807, 2.05) is 58.2 Å². The van der Waals surface area contributed by atoms with Crippen LogP contribution in [0.3, 0.4) is 0 Å². The molecule has 0 bridgehead atoms. The van der Waals surface area contributed by atoms with Crippen molar-refractivity contribution in [2.45, 2.75) is 38.1 Å². The molecule has 0 saturated heterocycles. The highest BCUT2D eigenvalue weighted by atomic mass is 32.2. The van der Waals surface area contributed by atoms with Gasteiger partial charge < -0.3 is 10.2 Å². The first kappa shape index (κ1) is 19.3. The summed E-state index contributed by atoms with van der Waals surface area (Å²) < 4.78 is 0. The van der Waals surface area contributed by atoms with E-state index in [0.29, 0.717) is 6.54 Å². The molecule has 1 aromatic rings. The molecule has 2 amide bonds. The van der Waals surface area contributed by atoms with E-state index in [1.165, 1.54) is 15.9 Å². The van der Waals surface area contributed by atoms with E-state index in [1.54, 1.807) is 17.8 Å². The number of carbonyl (C=O) groups is 2. The molecule has 0 heterocycles. The number of benzene rings is 1. The fourth-order valence-corrected chi connectivity index (χ4v) is 2.37. The number of hydrogen-bond donors (Lipinski definition) is 1. The summed E-state index contributed by atoms with van der Waals surface area (Å²) in [4.78, 5) is 26.9. The Morgan fingerprint density at radius 3 is 2.30 bits per heavy atom. The van der Waals surface area contributed by atoms with E-state index in [4.69, 9.17) is 0 Å². The SMILES string of the molecule is CCN(CC(=O)NC(C)(C)C)C(=O)/C=C/c1ccc(SC)cc1. The van der Waals surface area contributed by atoms with E-state index in [9.17, 15) is 9.59 Å². The van der Waals surface area contributed by atoms with Gasteiger partial charge >= 0.3 is 0 Å². The molecular formula is C18H26N2O2S. The van der Waals surface area contributed by atoms with Gasteiger partial charge in [0.2, 0.25) is 11.8 Å². The summed E-state index contributed by atoms with van der Waals surface area (Å²) in [7, 11) is 0. The van der Waals surface area contributed by atoms with Crippen molar-refractivity contribution in [3.05, 3.63) is 35.9 Å². The highest BCUT2D eigenvalue weighted by Crippen LogP contribution is 2.15. The van der Waals surface area contributed by atoms with Gasteiger partial charge in [0.1, 0.15) is 0 Å². The van der Waals surface area contributed by atoms with Gasteiger partial charge in [0.15, 0.2) is 0 Å². The van der Waals surface area contributed by atoms with Gasteiger partial charge in [0, 0.05) is 23.1 Å². The molecule has 0 aliphatic heterocycles. The maximum Gasteiger partial charge on any atom is 0.247 e. The average Bonchev–Trinajstić information content (AvgIpc) is 2.49. The molecule has 126 valence electrons. The normalized spacial score (nSPS) is 11.5. The molecular weight excluding hydrogens is 308 g/mol. The topological polar surface area (TPSA) is 49.4 Å². The molecule has 23 heavy (non-hydrogen) atoms. The number of hydrogen-bond acceptors (Lipinski definition) is 3. The summed E-state index contributed by atoms with van der Waals surface area (Å²) in [5.74, 6) is -0.309. The Balaban J connectivity index is 2.65. The van der Waals surface area contributed by atoms with Crippen molar-refractivity contribution >= 4 is 29.7 Å². The Labute approximate surface area is 143 Å². The van der Waals surface area contributed by atoms with Crippen molar-refractivity contribution in [1.82, 2.24) is 10.2 Å². The first-order chi connectivity index (χ1) is 10.7. The van der Waals surface area contributed by atoms with Gasteiger partial charge in [-0.3, -0.25) is 9.59 Å². The first-order valence-corrected chi connectivity index (χ1v) is 8.89. The van der Waals surface area contributed by atoms with Gasteiger partial charge in [-0.1, -0.05) is 12.1 Å². The molecule has 4 nitrogen and oxygen atoms in total. The van der Waals surface area contributed by atoms with Crippen LogP contribution in [-0.2, 0) is 9.59 Å². The maximum atomic E-state index is 12.2. The summed E-state index contributed by atoms with van der Waals surface area (Å²) in [5, 5.41) is 2.87. The van der Waals surface area contributed by atoms with Crippen LogP contribution in [0.2, 0.25) is 0 Å². The minimum Gasteiger partial charge on any atom is -0.350 e. The van der Waals surface area contributed by atoms with Crippen LogP contribution in [0.5, 0.6) is 0 Å². The molecule has 0 fully saturated rings. The summed E-state index contributed by atoms with van der Waals surface area (Å²) in [6.45, 7) is 8.18. The van der Waals surface area contributed by atoms with Crippen LogP contribution in [0.25, 0.3) is 6.08 Å². The zero-order valence-corrected chi connectivity index (χ0v) is 15.4. The monoisotopic (exact) mass is 334 g/mol. The third kappa shape index (κ3) is 7.37. The van der Waals surface area contributed by atoms with E-state index < -0.39 is 0 Å². The smallest absolute Gasteiger partial charge is 0.247 e. The van der Waals surface area contributed by atoms with Crippen LogP contribution < -0.4 is 5.32 Å². The predicted octanol–water partition coefficient (Wildman–Crippen LogP) is 3.18. The van der Waals surface area contributed by atoms with Crippen LogP contribution in [0.4, 0.5) is 0 Å². The molecule has 0 aromatic heterocycles. The largest absolute Gasteiger partial charge is 0.350 e. The average molecular weight is 334 g/mol. The quantitative estimate of drug-likeness (QED) is 0.642. The van der Waals surface area contributed by atoms with E-state index in [2.05, 4.69) is 5.32 Å². The number of rotatable bonds is 6. The third-order valence-corrected chi connectivity index (χ3v) is 3.82. The van der Waals surface area contributed by atoms with Crippen molar-refractivity contribution in [1.29, 1.82) is 0 Å². The van der Waals surface area contributed by atoms with Crippen LogP contribution in [0.1, 0.15) is 33.3 Å². The molecule has 1 rings (SSSR count). The molecule has 0 atom stereocenters. The lowest BCUT2D eigenvalue weighted by Gasteiger charge is -2.24. The van der Waals surface area contributed by atoms with Crippen LogP contribution in [0.15, 0.2) is 35.2 Å². The van der Waals surface area contributed by atoms with Crippen LogP contribution >= 0.6 is 11.8 Å². The fraction of sp³-hybridized carbons (Fsp3) is 0.444. The maximum absolute atomic E-state index is 12.2. The standard InChI is InChI=1S/C18H26N2O2S/c1-6-20(13-16(21)19-18(2,3)4)17(22)12-9-14-7-10-15(23-5)11-8-14/h7-12H,6,13H2,1-5H3,(H,19,21)/b12-9+. The van der Waals surface area contributed by atoms with E-state index in [-0.39, 0.29) is 23.9 Å². The molecule has 0 spiro atoms. The second-order valence-electron chi connectivity index (χ2n) is 6.26. The summed E-state index contributed by atoms with van der Waals surface area (Å²) in [5.41, 5.74) is 0.667. The Bertz CT molecular complexity index is 559. The zero-order chi connectivity index (χ0) is 17.5. The van der Waals surface area contributed by atoms with Crippen LogP contribution in [-0.4, -0.2) is 41.6 Å². The molecule has 1 aromatic carbocycles. The Kier molecular flexibility index (Phi) is 7.36. The Morgan fingerprint density at radius 1 is 1.22 bits per heavy atom. The van der Waals surface area contributed by atoms with Gasteiger partial charge in [-0.05, 0) is 57.7 Å². The number of carbonyl (C=O) groups excluding carboxylic acids is 2. The minimum absolute atomic E-state index is 0.0718. The van der Waals surface area contributed by atoms with Gasteiger partial charge in [-0.25, -0.2) is 0 Å². The summed E-state index contributed by atoms with van der Waals surface area (Å²) >= 11 is 1.68. The van der Waals surface area contributed by atoms with Gasteiger partial charge in [0.25, 0.3) is 0 Å². The van der Waals surface area contributed by atoms with Crippen molar-refractivity contribution < 1.29 is 9.59 Å². The van der Waals surface area contributed by atoms with Crippen molar-refractivity contribution in [3.63, 3.8) is 0 Å². The predicted molar refractivity (Wildman–Crippen MR) is 97.4 cm³/mol. The van der Waals surface area contributed by atoms with E-state index >= 15 is 0 Å². The number of amides is 2. The van der Waals surface area contributed by atoms with Gasteiger partial charge in [0.05, 0.1) is 6.54 Å². The van der Waals surface area contributed by atoms with Gasteiger partial charge in [-0.15, -0.1) is 11.8 Å². The van der Waals surface area contributed by atoms with Crippen molar-refractivity contribution in [2.75, 3.05) is 19.3 Å². The minimum atomic E-state index is -0.297. The second-order valence-corrected chi connectivity index (χ2v) is 7.14. The van der Waals surface area contributed by atoms with Gasteiger partial charge in [-0.2, -0.15) is 0 Å². The third-order valence-electron chi connectivity index (χ3n) is 3.08. The second kappa shape index (κ2) is 8.77. The number of likely N-dealkylation sites (N-methyl/N-ethyl adjacent to an activating group) is 1. The highest BCUT2D eigenvalue weighted by molar-refractivity contribution is 7.98. The number of nitrogens with zero attached hydrogens (tertiary/aromatic N) is 1. The molecule has 0 aliphatic carbocycles. The lowest BCUT2D eigenvalue weighted by molar-refractivity contribution is -0.132. The molecule has 0 radical (unpaired) electrons. The van der Waals surface area contributed by atoms with Crippen LogP contribution in [0, 0.1) is 0 Å². The molecule has 0 aliphatic rings. The zero-order valence-electron chi connectivity index (χ0n) is 14.6. The fourth-order valence-electron chi connectivity index (χ4n) is 1.96. The number of thioether (sulfide) groups is 1. The number of nitrogens with one attached hydrogen (secondary N) is 1. The molecule has 5 heteroatoms. The highest BCUT2D eigenvalue weighted by Gasteiger charge is 2.17. The first-order valence-electron chi connectivity index (χ1n) is 7.67. The van der Waals surface area contributed by atoms with Crippen molar-refractivity contribution in [3.8, 4) is 0 Å². The molecule has 0 saturated carbocycles. The Morgan fingerprint density at radius 2 is 1.83 bits per heavy atom. The Hall–Kier alpha value is -1.75. The molecule has 0 unspecified atom stereocenters. The van der Waals surface area contributed by atoms with E-state index in [0.717, 1.165) is 5.56 Å². The summed E-state index contributed by atoms with van der Waals surface area (Å²) in [6, 6.07) is 7.97. The van der Waals surface area contributed by atoms with Crippen molar-refractivity contribution in [2.24, 2.45) is 0 Å². The lowest BCUT2D eigenvalue weighted by atomic mass is 10.1. The lowest BCUT2D eigenvalue weighted by Crippen LogP contribution is -2.47. The molecule has 1 N–H and O–H groups in total. The summed E-state index contributed by atoms with van der Waals surface area (Å²) in [6.07, 6.45) is 5.31.